The van der Waals surface area contributed by atoms with E-state index in [2.05, 4.69) is 16.0 Å². The summed E-state index contributed by atoms with van der Waals surface area (Å²) in [4.78, 5) is 7.09. The lowest BCUT2D eigenvalue weighted by molar-refractivity contribution is 0.324. The highest BCUT2D eigenvalue weighted by atomic mass is 16.5. The van der Waals surface area contributed by atoms with E-state index in [0.717, 1.165) is 28.1 Å². The van der Waals surface area contributed by atoms with Crippen LogP contribution in [-0.4, -0.2) is 38.4 Å². The summed E-state index contributed by atoms with van der Waals surface area (Å²) < 4.78 is 21.4. The first kappa shape index (κ1) is 21.8. The van der Waals surface area contributed by atoms with Crippen LogP contribution in [-0.2, 0) is 0 Å². The number of nitrogens with one attached hydrogen (secondary N) is 1. The van der Waals surface area contributed by atoms with Crippen molar-refractivity contribution < 1.29 is 18.9 Å². The Bertz CT molecular complexity index is 1020. The summed E-state index contributed by atoms with van der Waals surface area (Å²) in [5.41, 5.74) is 4.11. The third-order valence-electron chi connectivity index (χ3n) is 4.65. The second-order valence-corrected chi connectivity index (χ2v) is 6.47. The Labute approximate surface area is 182 Å². The fourth-order valence-corrected chi connectivity index (χ4v) is 3.06. The summed E-state index contributed by atoms with van der Waals surface area (Å²) in [5.74, 6) is 2.67. The Balaban J connectivity index is 0.000000391. The molecule has 0 radical (unpaired) electrons. The van der Waals surface area contributed by atoms with Crippen LogP contribution in [0.5, 0.6) is 23.0 Å². The van der Waals surface area contributed by atoms with Gasteiger partial charge in [0.2, 0.25) is 5.75 Å². The minimum atomic E-state index is 0.583. The molecule has 0 fully saturated rings. The van der Waals surface area contributed by atoms with Crippen molar-refractivity contribution in [3.8, 4) is 45.4 Å². The average Bonchev–Trinajstić information content (AvgIpc) is 3.35. The average molecular weight is 418 g/mol. The number of pyridine rings is 1. The SMILES string of the molecule is COc1ccc(-c2cc(-c3cc(OC)c(OC)c(OC)c3)c[nH]2)cc1.c1ccncc1. The number of hydrogen-bond donors (Lipinski definition) is 1. The fourth-order valence-electron chi connectivity index (χ4n) is 3.06. The summed E-state index contributed by atoms with van der Waals surface area (Å²) in [6.45, 7) is 0. The predicted octanol–water partition coefficient (Wildman–Crippen LogP) is 5.46. The van der Waals surface area contributed by atoms with Gasteiger partial charge < -0.3 is 23.9 Å². The summed E-state index contributed by atoms with van der Waals surface area (Å²) in [5, 5.41) is 0. The van der Waals surface area contributed by atoms with E-state index in [1.165, 1.54) is 0 Å². The number of hydrogen-bond acceptors (Lipinski definition) is 5. The van der Waals surface area contributed by atoms with Crippen molar-refractivity contribution in [3.05, 3.63) is 79.3 Å². The molecule has 4 aromatic rings. The van der Waals surface area contributed by atoms with Crippen LogP contribution in [0, 0.1) is 0 Å². The van der Waals surface area contributed by atoms with E-state index < -0.39 is 0 Å². The molecule has 0 saturated heterocycles. The zero-order chi connectivity index (χ0) is 22.1. The maximum atomic E-state index is 5.43. The molecule has 0 aliphatic heterocycles. The molecule has 4 rings (SSSR count). The molecule has 0 aliphatic rings. The quantitative estimate of drug-likeness (QED) is 0.450. The highest BCUT2D eigenvalue weighted by Crippen LogP contribution is 2.41. The van der Waals surface area contributed by atoms with Crippen LogP contribution in [0.4, 0.5) is 0 Å². The molecule has 6 nitrogen and oxygen atoms in total. The number of nitrogens with zero attached hydrogens (tertiary/aromatic N) is 1. The lowest BCUT2D eigenvalue weighted by Gasteiger charge is -2.13. The zero-order valence-electron chi connectivity index (χ0n) is 18.1. The molecular formula is C25H26N2O4. The van der Waals surface area contributed by atoms with Crippen LogP contribution in [0.2, 0.25) is 0 Å². The van der Waals surface area contributed by atoms with Gasteiger partial charge in [0.05, 0.1) is 28.4 Å². The monoisotopic (exact) mass is 418 g/mol. The van der Waals surface area contributed by atoms with E-state index in [1.54, 1.807) is 40.8 Å². The van der Waals surface area contributed by atoms with Crippen molar-refractivity contribution in [2.45, 2.75) is 0 Å². The second-order valence-electron chi connectivity index (χ2n) is 6.47. The maximum Gasteiger partial charge on any atom is 0.203 e. The van der Waals surface area contributed by atoms with Crippen LogP contribution in [0.15, 0.2) is 79.3 Å². The number of aromatic amines is 1. The Kier molecular flexibility index (Phi) is 7.54. The molecule has 0 atom stereocenters. The molecule has 2 aromatic heterocycles. The van der Waals surface area contributed by atoms with Gasteiger partial charge in [0.1, 0.15) is 5.75 Å². The minimum absolute atomic E-state index is 0.583. The molecule has 0 saturated carbocycles. The summed E-state index contributed by atoms with van der Waals surface area (Å²) in [6, 6.07) is 19.6. The van der Waals surface area contributed by atoms with E-state index in [0.29, 0.717) is 17.2 Å². The predicted molar refractivity (Wildman–Crippen MR) is 122 cm³/mol. The van der Waals surface area contributed by atoms with Crippen molar-refractivity contribution in [3.63, 3.8) is 0 Å². The first-order chi connectivity index (χ1) is 15.2. The highest BCUT2D eigenvalue weighted by Gasteiger charge is 2.15. The molecule has 0 amide bonds. The molecule has 0 aliphatic carbocycles. The molecule has 31 heavy (non-hydrogen) atoms. The van der Waals surface area contributed by atoms with E-state index >= 15 is 0 Å². The van der Waals surface area contributed by atoms with Crippen LogP contribution in [0.3, 0.4) is 0 Å². The van der Waals surface area contributed by atoms with Gasteiger partial charge in [-0.2, -0.15) is 0 Å². The molecule has 0 bridgehead atoms. The van der Waals surface area contributed by atoms with Gasteiger partial charge >= 0.3 is 0 Å². The lowest BCUT2D eigenvalue weighted by atomic mass is 10.1. The lowest BCUT2D eigenvalue weighted by Crippen LogP contribution is -1.95. The Morgan fingerprint density at radius 1 is 0.645 bits per heavy atom. The van der Waals surface area contributed by atoms with Crippen LogP contribution in [0.25, 0.3) is 22.4 Å². The van der Waals surface area contributed by atoms with Crippen molar-refractivity contribution in [1.82, 2.24) is 9.97 Å². The smallest absolute Gasteiger partial charge is 0.203 e. The van der Waals surface area contributed by atoms with Gasteiger partial charge in [0, 0.05) is 29.8 Å². The number of H-pyrrole nitrogens is 1. The first-order valence-electron chi connectivity index (χ1n) is 9.68. The summed E-state index contributed by atoms with van der Waals surface area (Å²) in [7, 11) is 6.48. The molecule has 0 spiro atoms. The van der Waals surface area contributed by atoms with Gasteiger partial charge in [0.15, 0.2) is 11.5 Å². The first-order valence-corrected chi connectivity index (χ1v) is 9.68. The number of benzene rings is 2. The molecule has 6 heteroatoms. The number of aromatic nitrogens is 2. The fraction of sp³-hybridized carbons (Fsp3) is 0.160. The summed E-state index contributed by atoms with van der Waals surface area (Å²) >= 11 is 0. The topological polar surface area (TPSA) is 65.6 Å². The molecule has 1 N–H and O–H groups in total. The highest BCUT2D eigenvalue weighted by molar-refractivity contribution is 5.75. The van der Waals surface area contributed by atoms with E-state index in [9.17, 15) is 0 Å². The van der Waals surface area contributed by atoms with Gasteiger partial charge in [-0.15, -0.1) is 0 Å². The van der Waals surface area contributed by atoms with Crippen molar-refractivity contribution in [2.24, 2.45) is 0 Å². The van der Waals surface area contributed by atoms with Crippen molar-refractivity contribution in [1.29, 1.82) is 0 Å². The van der Waals surface area contributed by atoms with Gasteiger partial charge in [-0.1, -0.05) is 6.07 Å². The van der Waals surface area contributed by atoms with Gasteiger partial charge in [-0.05, 0) is 65.7 Å². The van der Waals surface area contributed by atoms with Crippen LogP contribution in [0.1, 0.15) is 0 Å². The molecule has 160 valence electrons. The molecule has 0 unspecified atom stereocenters. The Morgan fingerprint density at radius 2 is 1.29 bits per heavy atom. The second kappa shape index (κ2) is 10.7. The number of methoxy groups -OCH3 is 4. The minimum Gasteiger partial charge on any atom is -0.497 e. The van der Waals surface area contributed by atoms with Crippen molar-refractivity contribution in [2.75, 3.05) is 28.4 Å². The maximum absolute atomic E-state index is 5.43. The third kappa shape index (κ3) is 5.36. The molecule has 2 heterocycles. The third-order valence-corrected chi connectivity index (χ3v) is 4.65. The Hall–Kier alpha value is -3.93. The van der Waals surface area contributed by atoms with E-state index in [1.807, 2.05) is 60.8 Å². The van der Waals surface area contributed by atoms with E-state index in [4.69, 9.17) is 18.9 Å². The normalized spacial score (nSPS) is 9.94. The van der Waals surface area contributed by atoms with Crippen LogP contribution >= 0.6 is 0 Å². The van der Waals surface area contributed by atoms with E-state index in [-0.39, 0.29) is 0 Å². The van der Waals surface area contributed by atoms with Crippen molar-refractivity contribution >= 4 is 0 Å². The number of ether oxygens (including phenoxy) is 4. The van der Waals surface area contributed by atoms with Gasteiger partial charge in [-0.3, -0.25) is 4.98 Å². The molecule has 2 aromatic carbocycles. The van der Waals surface area contributed by atoms with Crippen LogP contribution < -0.4 is 18.9 Å². The molecular weight excluding hydrogens is 392 g/mol. The standard InChI is InChI=1S/C20H21NO4.C5H5N/c1-22-16-7-5-13(6-8-16)17-9-15(12-21-17)14-10-18(23-2)20(25-4)19(11-14)24-3;1-2-4-6-5-3-1/h5-12,21H,1-4H3;1-5H. The summed E-state index contributed by atoms with van der Waals surface area (Å²) in [6.07, 6.45) is 5.46. The largest absolute Gasteiger partial charge is 0.497 e. The van der Waals surface area contributed by atoms with Gasteiger partial charge in [-0.25, -0.2) is 0 Å². The zero-order valence-corrected chi connectivity index (χ0v) is 18.1. The van der Waals surface area contributed by atoms with Gasteiger partial charge in [0.25, 0.3) is 0 Å². The number of rotatable bonds is 6. The Morgan fingerprint density at radius 3 is 1.74 bits per heavy atom.